The Balaban J connectivity index is 2.19. The third kappa shape index (κ3) is 4.10. The number of hydrogen-bond acceptors (Lipinski definition) is 3. The Bertz CT molecular complexity index is 760. The lowest BCUT2D eigenvalue weighted by atomic mass is 10.1. The number of carbonyl (C=O) groups excluding carboxylic acids is 2. The molecule has 6 heteroatoms. The molecule has 0 aliphatic heterocycles. The Labute approximate surface area is 139 Å². The fourth-order valence-electron chi connectivity index (χ4n) is 1.99. The summed E-state index contributed by atoms with van der Waals surface area (Å²) in [7, 11) is 1.46. The molecule has 0 fully saturated rings. The normalized spacial score (nSPS) is 10.4. The largest absolute Gasteiger partial charge is 0.494 e. The molecule has 2 amide bonds. The van der Waals surface area contributed by atoms with Crippen molar-refractivity contribution in [2.45, 2.75) is 13.8 Å². The summed E-state index contributed by atoms with van der Waals surface area (Å²) in [6, 6.07) is 10.5. The van der Waals surface area contributed by atoms with Gasteiger partial charge in [-0.3, -0.25) is 9.59 Å². The third-order valence-electron chi connectivity index (χ3n) is 3.36. The number of methoxy groups -OCH3 is 1. The molecule has 0 heterocycles. The molecule has 0 saturated carbocycles. The predicted molar refractivity (Wildman–Crippen MR) is 90.8 cm³/mol. The first-order valence-corrected chi connectivity index (χ1v) is 7.47. The standard InChI is InChI=1S/C18H19FN2O3/c1-11(2)17(22)21-15-9-8-12(10-16(15)24-3)20-18(23)13-6-4-5-7-14(13)19/h4-11H,1-3H3,(H,20,23)(H,21,22). The Kier molecular flexibility index (Phi) is 5.52. The zero-order valence-electron chi connectivity index (χ0n) is 13.7. The number of anilines is 2. The van der Waals surface area contributed by atoms with Gasteiger partial charge in [0.1, 0.15) is 11.6 Å². The highest BCUT2D eigenvalue weighted by atomic mass is 19.1. The van der Waals surface area contributed by atoms with Crippen molar-refractivity contribution < 1.29 is 18.7 Å². The highest BCUT2D eigenvalue weighted by Crippen LogP contribution is 2.28. The molecule has 0 radical (unpaired) electrons. The second-order valence-corrected chi connectivity index (χ2v) is 5.49. The van der Waals surface area contributed by atoms with Gasteiger partial charge in [0.25, 0.3) is 5.91 Å². The van der Waals surface area contributed by atoms with Gasteiger partial charge in [-0.05, 0) is 24.3 Å². The van der Waals surface area contributed by atoms with Crippen LogP contribution >= 0.6 is 0 Å². The molecule has 2 N–H and O–H groups in total. The van der Waals surface area contributed by atoms with Crippen molar-refractivity contribution in [2.75, 3.05) is 17.7 Å². The van der Waals surface area contributed by atoms with Crippen LogP contribution in [-0.2, 0) is 4.79 Å². The predicted octanol–water partition coefficient (Wildman–Crippen LogP) is 3.68. The van der Waals surface area contributed by atoms with E-state index in [-0.39, 0.29) is 17.4 Å². The number of nitrogens with one attached hydrogen (secondary N) is 2. The zero-order valence-corrected chi connectivity index (χ0v) is 13.7. The maximum absolute atomic E-state index is 13.6. The minimum Gasteiger partial charge on any atom is -0.494 e. The van der Waals surface area contributed by atoms with E-state index in [2.05, 4.69) is 10.6 Å². The summed E-state index contributed by atoms with van der Waals surface area (Å²) < 4.78 is 18.9. The average molecular weight is 330 g/mol. The summed E-state index contributed by atoms with van der Waals surface area (Å²) >= 11 is 0. The van der Waals surface area contributed by atoms with Crippen molar-refractivity contribution in [3.63, 3.8) is 0 Å². The molecule has 0 aliphatic rings. The van der Waals surface area contributed by atoms with Gasteiger partial charge in [0.2, 0.25) is 5.91 Å². The van der Waals surface area contributed by atoms with Gasteiger partial charge in [-0.1, -0.05) is 26.0 Å². The molecule has 2 rings (SSSR count). The van der Waals surface area contributed by atoms with Crippen LogP contribution in [0, 0.1) is 11.7 Å². The van der Waals surface area contributed by atoms with E-state index in [0.717, 1.165) is 0 Å². The first-order chi connectivity index (χ1) is 11.4. The summed E-state index contributed by atoms with van der Waals surface area (Å²) in [6.07, 6.45) is 0. The van der Waals surface area contributed by atoms with Crippen molar-refractivity contribution in [2.24, 2.45) is 5.92 Å². The monoisotopic (exact) mass is 330 g/mol. The van der Waals surface area contributed by atoms with E-state index in [4.69, 9.17) is 4.74 Å². The quantitative estimate of drug-likeness (QED) is 0.879. The van der Waals surface area contributed by atoms with Gasteiger partial charge in [-0.2, -0.15) is 0 Å². The number of hydrogen-bond donors (Lipinski definition) is 2. The SMILES string of the molecule is COc1cc(NC(=O)c2ccccc2F)ccc1NC(=O)C(C)C. The highest BCUT2D eigenvalue weighted by molar-refractivity contribution is 6.04. The molecule has 24 heavy (non-hydrogen) atoms. The average Bonchev–Trinajstić information content (AvgIpc) is 2.56. The van der Waals surface area contributed by atoms with E-state index in [1.807, 2.05) is 0 Å². The Hall–Kier alpha value is -2.89. The lowest BCUT2D eigenvalue weighted by Gasteiger charge is -2.14. The van der Waals surface area contributed by atoms with Crippen molar-refractivity contribution in [3.8, 4) is 5.75 Å². The fourth-order valence-corrected chi connectivity index (χ4v) is 1.99. The Morgan fingerprint density at radius 1 is 1.08 bits per heavy atom. The Morgan fingerprint density at radius 3 is 2.42 bits per heavy atom. The third-order valence-corrected chi connectivity index (χ3v) is 3.36. The minimum absolute atomic E-state index is 0.0475. The molecule has 5 nitrogen and oxygen atoms in total. The van der Waals surface area contributed by atoms with Crippen LogP contribution in [0.1, 0.15) is 24.2 Å². The molecule has 0 bridgehead atoms. The van der Waals surface area contributed by atoms with Crippen LogP contribution in [0.5, 0.6) is 5.75 Å². The molecule has 126 valence electrons. The molecule has 0 aliphatic carbocycles. The maximum atomic E-state index is 13.6. The molecular formula is C18H19FN2O3. The number of rotatable bonds is 5. The van der Waals surface area contributed by atoms with E-state index in [1.165, 1.54) is 25.3 Å². The van der Waals surface area contributed by atoms with Crippen molar-refractivity contribution in [3.05, 3.63) is 53.8 Å². The van der Waals surface area contributed by atoms with Crippen LogP contribution in [-0.4, -0.2) is 18.9 Å². The van der Waals surface area contributed by atoms with Crippen molar-refractivity contribution in [1.82, 2.24) is 0 Å². The summed E-state index contributed by atoms with van der Waals surface area (Å²) in [4.78, 5) is 23.9. The highest BCUT2D eigenvalue weighted by Gasteiger charge is 2.14. The van der Waals surface area contributed by atoms with Gasteiger partial charge in [0, 0.05) is 17.7 Å². The smallest absolute Gasteiger partial charge is 0.258 e. The van der Waals surface area contributed by atoms with Gasteiger partial charge in [-0.25, -0.2) is 4.39 Å². The van der Waals surface area contributed by atoms with Crippen molar-refractivity contribution >= 4 is 23.2 Å². The summed E-state index contributed by atoms with van der Waals surface area (Å²) in [6.45, 7) is 3.57. The van der Waals surface area contributed by atoms with Crippen LogP contribution in [0.25, 0.3) is 0 Å². The second kappa shape index (κ2) is 7.59. The van der Waals surface area contributed by atoms with Gasteiger partial charge >= 0.3 is 0 Å². The van der Waals surface area contributed by atoms with Gasteiger partial charge in [-0.15, -0.1) is 0 Å². The van der Waals surface area contributed by atoms with Crippen LogP contribution < -0.4 is 15.4 Å². The minimum atomic E-state index is -0.595. The van der Waals surface area contributed by atoms with Gasteiger partial charge < -0.3 is 15.4 Å². The molecule has 0 spiro atoms. The number of amides is 2. The summed E-state index contributed by atoms with van der Waals surface area (Å²) in [5.74, 6) is -1.07. The summed E-state index contributed by atoms with van der Waals surface area (Å²) in [5, 5.41) is 5.35. The van der Waals surface area contributed by atoms with Gasteiger partial charge in [0.15, 0.2) is 0 Å². The lowest BCUT2D eigenvalue weighted by molar-refractivity contribution is -0.118. The summed E-state index contributed by atoms with van der Waals surface area (Å²) in [5.41, 5.74) is 0.886. The van der Waals surface area contributed by atoms with E-state index in [0.29, 0.717) is 17.1 Å². The number of ether oxygens (including phenoxy) is 1. The molecule has 0 atom stereocenters. The zero-order chi connectivity index (χ0) is 17.7. The first kappa shape index (κ1) is 17.5. The second-order valence-electron chi connectivity index (χ2n) is 5.49. The van der Waals surface area contributed by atoms with Gasteiger partial charge in [0.05, 0.1) is 18.4 Å². The molecular weight excluding hydrogens is 311 g/mol. The molecule has 2 aromatic rings. The first-order valence-electron chi connectivity index (χ1n) is 7.47. The molecule has 0 unspecified atom stereocenters. The van der Waals surface area contributed by atoms with Crippen molar-refractivity contribution in [1.29, 1.82) is 0 Å². The molecule has 0 saturated heterocycles. The van der Waals surface area contributed by atoms with E-state index < -0.39 is 11.7 Å². The van der Waals surface area contributed by atoms with Crippen LogP contribution in [0.2, 0.25) is 0 Å². The van der Waals surface area contributed by atoms with Crippen LogP contribution in [0.3, 0.4) is 0 Å². The lowest BCUT2D eigenvalue weighted by Crippen LogP contribution is -2.18. The number of benzene rings is 2. The van der Waals surface area contributed by atoms with Crippen LogP contribution in [0.15, 0.2) is 42.5 Å². The van der Waals surface area contributed by atoms with E-state index in [1.54, 1.807) is 38.1 Å². The fraction of sp³-hybridized carbons (Fsp3) is 0.222. The van der Waals surface area contributed by atoms with Crippen LogP contribution in [0.4, 0.5) is 15.8 Å². The number of carbonyl (C=O) groups is 2. The van der Waals surface area contributed by atoms with E-state index >= 15 is 0 Å². The topological polar surface area (TPSA) is 67.4 Å². The Morgan fingerprint density at radius 2 is 1.79 bits per heavy atom. The molecule has 2 aromatic carbocycles. The van der Waals surface area contributed by atoms with E-state index in [9.17, 15) is 14.0 Å². The number of halogens is 1. The molecule has 0 aromatic heterocycles. The maximum Gasteiger partial charge on any atom is 0.258 e.